The number of primary sulfonamides is 1. The highest BCUT2D eigenvalue weighted by atomic mass is 32.2. The Hall–Kier alpha value is -1.31. The number of anilines is 2. The van der Waals surface area contributed by atoms with Crippen molar-refractivity contribution in [2.75, 3.05) is 43.9 Å². The van der Waals surface area contributed by atoms with E-state index >= 15 is 0 Å². The Kier molecular flexibility index (Phi) is 3.47. The first-order chi connectivity index (χ1) is 8.38. The van der Waals surface area contributed by atoms with Gasteiger partial charge in [-0.25, -0.2) is 13.6 Å². The van der Waals surface area contributed by atoms with E-state index in [0.29, 0.717) is 5.69 Å². The molecule has 1 saturated heterocycles. The average Bonchev–Trinajstić information content (AvgIpc) is 2.29. The summed E-state index contributed by atoms with van der Waals surface area (Å²) in [6.45, 7) is 3.71. The van der Waals surface area contributed by atoms with E-state index in [4.69, 9.17) is 10.9 Å². The number of nitrogen functional groups attached to an aromatic ring is 1. The Bertz CT molecular complexity index is 536. The molecule has 0 bridgehead atoms. The molecular formula is C11H18N4O2S. The van der Waals surface area contributed by atoms with Crippen LogP contribution in [0.15, 0.2) is 23.1 Å². The molecule has 18 heavy (non-hydrogen) atoms. The van der Waals surface area contributed by atoms with Crippen molar-refractivity contribution < 1.29 is 8.42 Å². The first-order valence-electron chi connectivity index (χ1n) is 5.74. The largest absolute Gasteiger partial charge is 0.397 e. The van der Waals surface area contributed by atoms with Crippen LogP contribution in [0.4, 0.5) is 11.4 Å². The molecule has 7 heteroatoms. The highest BCUT2D eigenvalue weighted by Gasteiger charge is 2.17. The highest BCUT2D eigenvalue weighted by Crippen LogP contribution is 2.26. The average molecular weight is 270 g/mol. The molecule has 0 amide bonds. The molecule has 1 heterocycles. The third-order valence-corrected chi connectivity index (χ3v) is 4.08. The van der Waals surface area contributed by atoms with Crippen LogP contribution in [0.25, 0.3) is 0 Å². The van der Waals surface area contributed by atoms with Crippen molar-refractivity contribution in [1.29, 1.82) is 0 Å². The molecule has 1 aromatic carbocycles. The van der Waals surface area contributed by atoms with Gasteiger partial charge in [0.1, 0.15) is 0 Å². The van der Waals surface area contributed by atoms with Crippen LogP contribution >= 0.6 is 0 Å². The fourth-order valence-electron chi connectivity index (χ4n) is 2.04. The fraction of sp³-hybridized carbons (Fsp3) is 0.455. The molecule has 0 unspecified atom stereocenters. The van der Waals surface area contributed by atoms with Crippen LogP contribution in [0.3, 0.4) is 0 Å². The van der Waals surface area contributed by atoms with E-state index in [-0.39, 0.29) is 4.90 Å². The van der Waals surface area contributed by atoms with E-state index in [0.717, 1.165) is 31.9 Å². The first-order valence-corrected chi connectivity index (χ1v) is 7.28. The standard InChI is InChI=1S/C11H18N4O2S/c1-14-4-6-15(7-5-14)11-3-2-9(8-10(11)12)18(13,16)17/h2-3,8H,4-7,12H2,1H3,(H2,13,16,17). The number of nitrogens with zero attached hydrogens (tertiary/aromatic N) is 2. The molecule has 0 atom stereocenters. The van der Waals surface area contributed by atoms with E-state index in [2.05, 4.69) is 16.8 Å². The molecule has 1 aromatic rings. The molecule has 0 radical (unpaired) electrons. The Labute approximate surface area is 107 Å². The number of rotatable bonds is 2. The van der Waals surface area contributed by atoms with Gasteiger partial charge in [-0.3, -0.25) is 0 Å². The molecule has 0 aliphatic carbocycles. The predicted molar refractivity (Wildman–Crippen MR) is 71.9 cm³/mol. The third kappa shape index (κ3) is 2.74. The molecule has 0 saturated carbocycles. The zero-order valence-electron chi connectivity index (χ0n) is 10.3. The summed E-state index contributed by atoms with van der Waals surface area (Å²) < 4.78 is 22.4. The second-order valence-electron chi connectivity index (χ2n) is 4.56. The summed E-state index contributed by atoms with van der Waals surface area (Å²) in [6.07, 6.45) is 0. The second kappa shape index (κ2) is 4.75. The van der Waals surface area contributed by atoms with Gasteiger partial charge in [-0.1, -0.05) is 0 Å². The lowest BCUT2D eigenvalue weighted by Crippen LogP contribution is -2.44. The zero-order chi connectivity index (χ0) is 13.3. The smallest absolute Gasteiger partial charge is 0.238 e. The van der Waals surface area contributed by atoms with Crippen molar-refractivity contribution in [3.63, 3.8) is 0 Å². The monoisotopic (exact) mass is 270 g/mol. The molecule has 1 aliphatic heterocycles. The first kappa shape index (κ1) is 13.1. The number of benzene rings is 1. The topological polar surface area (TPSA) is 92.7 Å². The lowest BCUT2D eigenvalue weighted by molar-refractivity contribution is 0.313. The van der Waals surface area contributed by atoms with Crippen molar-refractivity contribution in [2.24, 2.45) is 5.14 Å². The summed E-state index contributed by atoms with van der Waals surface area (Å²) in [4.78, 5) is 4.45. The molecule has 0 spiro atoms. The Morgan fingerprint density at radius 2 is 1.78 bits per heavy atom. The van der Waals surface area contributed by atoms with Gasteiger partial charge in [0.2, 0.25) is 10.0 Å². The van der Waals surface area contributed by atoms with Crippen molar-refractivity contribution >= 4 is 21.4 Å². The van der Waals surface area contributed by atoms with E-state index in [1.807, 2.05) is 0 Å². The molecule has 1 aliphatic rings. The lowest BCUT2D eigenvalue weighted by atomic mass is 10.2. The van der Waals surface area contributed by atoms with Crippen LogP contribution in [0, 0.1) is 0 Å². The van der Waals surface area contributed by atoms with Gasteiger partial charge in [0.25, 0.3) is 0 Å². The fourth-order valence-corrected chi connectivity index (χ4v) is 2.59. The number of hydrogen-bond donors (Lipinski definition) is 2. The number of hydrogen-bond acceptors (Lipinski definition) is 5. The maximum atomic E-state index is 11.2. The Balaban J connectivity index is 2.25. The quantitative estimate of drug-likeness (QED) is 0.718. The number of sulfonamides is 1. The molecular weight excluding hydrogens is 252 g/mol. The maximum Gasteiger partial charge on any atom is 0.238 e. The van der Waals surface area contributed by atoms with Gasteiger partial charge in [0.15, 0.2) is 0 Å². The molecule has 2 rings (SSSR count). The lowest BCUT2D eigenvalue weighted by Gasteiger charge is -2.34. The summed E-state index contributed by atoms with van der Waals surface area (Å²) in [5.74, 6) is 0. The van der Waals surface area contributed by atoms with Crippen LogP contribution in [-0.4, -0.2) is 46.5 Å². The summed E-state index contributed by atoms with van der Waals surface area (Å²) in [5, 5.41) is 5.07. The van der Waals surface area contributed by atoms with Crippen molar-refractivity contribution in [3.8, 4) is 0 Å². The van der Waals surface area contributed by atoms with Gasteiger partial charge in [0.05, 0.1) is 16.3 Å². The van der Waals surface area contributed by atoms with Crippen molar-refractivity contribution in [2.45, 2.75) is 4.90 Å². The van der Waals surface area contributed by atoms with E-state index in [1.165, 1.54) is 12.1 Å². The molecule has 4 N–H and O–H groups in total. The molecule has 1 fully saturated rings. The SMILES string of the molecule is CN1CCN(c2ccc(S(N)(=O)=O)cc2N)CC1. The maximum absolute atomic E-state index is 11.2. The Morgan fingerprint density at radius 1 is 1.17 bits per heavy atom. The van der Waals surface area contributed by atoms with Gasteiger partial charge in [0, 0.05) is 26.2 Å². The minimum absolute atomic E-state index is 0.0536. The zero-order valence-corrected chi connectivity index (χ0v) is 11.2. The second-order valence-corrected chi connectivity index (χ2v) is 6.12. The van der Waals surface area contributed by atoms with Crippen LogP contribution < -0.4 is 15.8 Å². The van der Waals surface area contributed by atoms with Crippen LogP contribution in [-0.2, 0) is 10.0 Å². The third-order valence-electron chi connectivity index (χ3n) is 3.17. The highest BCUT2D eigenvalue weighted by molar-refractivity contribution is 7.89. The minimum Gasteiger partial charge on any atom is -0.397 e. The van der Waals surface area contributed by atoms with Gasteiger partial charge < -0.3 is 15.5 Å². The summed E-state index contributed by atoms with van der Waals surface area (Å²) in [5.41, 5.74) is 7.23. The van der Waals surface area contributed by atoms with Crippen molar-refractivity contribution in [1.82, 2.24) is 4.90 Å². The summed E-state index contributed by atoms with van der Waals surface area (Å²) in [7, 11) is -1.61. The van der Waals surface area contributed by atoms with Gasteiger partial charge >= 0.3 is 0 Å². The van der Waals surface area contributed by atoms with Gasteiger partial charge in [-0.15, -0.1) is 0 Å². The van der Waals surface area contributed by atoms with E-state index in [1.54, 1.807) is 6.07 Å². The van der Waals surface area contributed by atoms with Gasteiger partial charge in [-0.2, -0.15) is 0 Å². The number of likely N-dealkylation sites (N-methyl/N-ethyl adjacent to an activating group) is 1. The number of nitrogens with two attached hydrogens (primary N) is 2. The van der Waals surface area contributed by atoms with Crippen LogP contribution in [0.1, 0.15) is 0 Å². The molecule has 0 aromatic heterocycles. The predicted octanol–water partition coefficient (Wildman–Crippen LogP) is -0.332. The summed E-state index contributed by atoms with van der Waals surface area (Å²) >= 11 is 0. The molecule has 100 valence electrons. The molecule has 6 nitrogen and oxygen atoms in total. The summed E-state index contributed by atoms with van der Waals surface area (Å²) in [6, 6.07) is 4.64. The van der Waals surface area contributed by atoms with E-state index < -0.39 is 10.0 Å². The van der Waals surface area contributed by atoms with Crippen LogP contribution in [0.5, 0.6) is 0 Å². The van der Waals surface area contributed by atoms with Crippen LogP contribution in [0.2, 0.25) is 0 Å². The Morgan fingerprint density at radius 3 is 2.28 bits per heavy atom. The van der Waals surface area contributed by atoms with E-state index in [9.17, 15) is 8.42 Å². The number of piperazine rings is 1. The van der Waals surface area contributed by atoms with Gasteiger partial charge in [-0.05, 0) is 25.2 Å². The minimum atomic E-state index is -3.69. The normalized spacial score (nSPS) is 18.0. The van der Waals surface area contributed by atoms with Crippen molar-refractivity contribution in [3.05, 3.63) is 18.2 Å².